The van der Waals surface area contributed by atoms with Crippen LogP contribution >= 0.6 is 0 Å². The molecule has 0 saturated carbocycles. The van der Waals surface area contributed by atoms with Crippen LogP contribution < -0.4 is 0 Å². The molecule has 124 valence electrons. The molecule has 1 atom stereocenters. The fourth-order valence-electron chi connectivity index (χ4n) is 3.19. The lowest BCUT2D eigenvalue weighted by molar-refractivity contribution is 0.0607. The third-order valence-corrected chi connectivity index (χ3v) is 4.43. The van der Waals surface area contributed by atoms with Crippen molar-refractivity contribution >= 4 is 11.9 Å². The van der Waals surface area contributed by atoms with Crippen molar-refractivity contribution in [1.29, 1.82) is 0 Å². The first-order valence-electron chi connectivity index (χ1n) is 8.19. The summed E-state index contributed by atoms with van der Waals surface area (Å²) in [5.41, 5.74) is 1.49. The zero-order chi connectivity index (χ0) is 16.9. The molecule has 1 aliphatic rings. The maximum atomic E-state index is 12.8. The Morgan fingerprint density at radius 3 is 2.71 bits per heavy atom. The summed E-state index contributed by atoms with van der Waals surface area (Å²) in [6.07, 6.45) is 5.22. The zero-order valence-electron chi connectivity index (χ0n) is 13.4. The minimum atomic E-state index is -1.05. The molecule has 1 N–H and O–H groups in total. The summed E-state index contributed by atoms with van der Waals surface area (Å²) >= 11 is 0. The molecule has 0 radical (unpaired) electrons. The SMILES string of the molecule is O=C(O)c1ccnc(C(=O)N2CCCCC2Cc2ccccc2)c1. The van der Waals surface area contributed by atoms with E-state index in [0.717, 1.165) is 25.7 Å². The van der Waals surface area contributed by atoms with E-state index in [4.69, 9.17) is 5.11 Å². The largest absolute Gasteiger partial charge is 0.478 e. The summed E-state index contributed by atoms with van der Waals surface area (Å²) in [6.45, 7) is 0.690. The molecule has 1 fully saturated rings. The molecule has 5 heteroatoms. The van der Waals surface area contributed by atoms with Crippen LogP contribution in [-0.2, 0) is 6.42 Å². The Kier molecular flexibility index (Phi) is 4.89. The van der Waals surface area contributed by atoms with Crippen molar-refractivity contribution in [2.24, 2.45) is 0 Å². The van der Waals surface area contributed by atoms with Gasteiger partial charge in [0.05, 0.1) is 5.56 Å². The maximum Gasteiger partial charge on any atom is 0.335 e. The number of rotatable bonds is 4. The molecule has 0 aliphatic carbocycles. The number of pyridine rings is 1. The van der Waals surface area contributed by atoms with E-state index in [1.807, 2.05) is 23.1 Å². The van der Waals surface area contributed by atoms with Gasteiger partial charge in [0, 0.05) is 18.8 Å². The number of carboxylic acid groups (broad SMARTS) is 1. The van der Waals surface area contributed by atoms with Crippen molar-refractivity contribution in [3.05, 3.63) is 65.5 Å². The maximum absolute atomic E-state index is 12.8. The smallest absolute Gasteiger partial charge is 0.335 e. The first-order chi connectivity index (χ1) is 11.6. The molecule has 5 nitrogen and oxygen atoms in total. The quantitative estimate of drug-likeness (QED) is 0.938. The molecule has 0 spiro atoms. The predicted octanol–water partition coefficient (Wildman–Crippen LogP) is 3.02. The predicted molar refractivity (Wildman–Crippen MR) is 90.0 cm³/mol. The number of carbonyl (C=O) groups is 2. The van der Waals surface area contributed by atoms with Crippen LogP contribution in [0.3, 0.4) is 0 Å². The molecule has 1 aromatic carbocycles. The molecule has 1 unspecified atom stereocenters. The third-order valence-electron chi connectivity index (χ3n) is 4.43. The first kappa shape index (κ1) is 16.2. The van der Waals surface area contributed by atoms with E-state index < -0.39 is 5.97 Å². The number of carbonyl (C=O) groups excluding carboxylic acids is 1. The lowest BCUT2D eigenvalue weighted by Crippen LogP contribution is -2.45. The Balaban J connectivity index is 1.81. The number of hydrogen-bond acceptors (Lipinski definition) is 3. The van der Waals surface area contributed by atoms with Crippen molar-refractivity contribution in [3.63, 3.8) is 0 Å². The van der Waals surface area contributed by atoms with Gasteiger partial charge in [-0.1, -0.05) is 30.3 Å². The minimum Gasteiger partial charge on any atom is -0.478 e. The van der Waals surface area contributed by atoms with Gasteiger partial charge in [0.25, 0.3) is 5.91 Å². The standard InChI is InChI=1S/C19H20N2O3/c22-18(17-13-15(19(23)24)9-10-20-17)21-11-5-4-8-16(21)12-14-6-2-1-3-7-14/h1-3,6-7,9-10,13,16H,4-5,8,11-12H2,(H,23,24). The van der Waals surface area contributed by atoms with Gasteiger partial charge < -0.3 is 10.0 Å². The Labute approximate surface area is 140 Å². The van der Waals surface area contributed by atoms with E-state index in [9.17, 15) is 9.59 Å². The van der Waals surface area contributed by atoms with Crippen molar-refractivity contribution in [3.8, 4) is 0 Å². The van der Waals surface area contributed by atoms with E-state index in [1.165, 1.54) is 23.9 Å². The molecule has 1 amide bonds. The van der Waals surface area contributed by atoms with Crippen LogP contribution in [0.1, 0.15) is 45.7 Å². The van der Waals surface area contributed by atoms with Crippen LogP contribution in [0.15, 0.2) is 48.7 Å². The molecule has 1 aliphatic heterocycles. The van der Waals surface area contributed by atoms with Crippen LogP contribution in [0, 0.1) is 0 Å². The minimum absolute atomic E-state index is 0.0879. The van der Waals surface area contributed by atoms with Crippen molar-refractivity contribution < 1.29 is 14.7 Å². The van der Waals surface area contributed by atoms with Crippen LogP contribution in [0.25, 0.3) is 0 Å². The summed E-state index contributed by atoms with van der Waals surface area (Å²) in [5, 5.41) is 9.10. The van der Waals surface area contributed by atoms with Gasteiger partial charge in [0.2, 0.25) is 0 Å². The van der Waals surface area contributed by atoms with Gasteiger partial charge in [0.1, 0.15) is 5.69 Å². The average molecular weight is 324 g/mol. The fourth-order valence-corrected chi connectivity index (χ4v) is 3.19. The highest BCUT2D eigenvalue weighted by Gasteiger charge is 2.28. The van der Waals surface area contributed by atoms with E-state index in [2.05, 4.69) is 17.1 Å². The molecule has 1 saturated heterocycles. The summed E-state index contributed by atoms with van der Waals surface area (Å²) < 4.78 is 0. The molecular formula is C19H20N2O3. The number of piperidine rings is 1. The highest BCUT2D eigenvalue weighted by atomic mass is 16.4. The second kappa shape index (κ2) is 7.25. The lowest BCUT2D eigenvalue weighted by atomic mass is 9.95. The van der Waals surface area contributed by atoms with Gasteiger partial charge in [-0.3, -0.25) is 9.78 Å². The first-order valence-corrected chi connectivity index (χ1v) is 8.19. The summed E-state index contributed by atoms with van der Waals surface area (Å²) in [7, 11) is 0. The van der Waals surface area contributed by atoms with E-state index in [1.54, 1.807) is 0 Å². The van der Waals surface area contributed by atoms with E-state index in [0.29, 0.717) is 6.54 Å². The number of nitrogens with zero attached hydrogens (tertiary/aromatic N) is 2. The number of likely N-dealkylation sites (tertiary alicyclic amines) is 1. The lowest BCUT2D eigenvalue weighted by Gasteiger charge is -2.35. The number of aromatic carboxylic acids is 1. The van der Waals surface area contributed by atoms with Crippen molar-refractivity contribution in [2.75, 3.05) is 6.54 Å². The zero-order valence-corrected chi connectivity index (χ0v) is 13.4. The molecule has 3 rings (SSSR count). The number of carboxylic acids is 1. The molecule has 0 bridgehead atoms. The van der Waals surface area contributed by atoms with Crippen molar-refractivity contribution in [2.45, 2.75) is 31.7 Å². The third kappa shape index (κ3) is 3.62. The van der Waals surface area contributed by atoms with Crippen LogP contribution in [-0.4, -0.2) is 39.5 Å². The summed E-state index contributed by atoms with van der Waals surface area (Å²) in [5.74, 6) is -1.23. The summed E-state index contributed by atoms with van der Waals surface area (Å²) in [4.78, 5) is 29.9. The number of aromatic nitrogens is 1. The highest BCUT2D eigenvalue weighted by Crippen LogP contribution is 2.22. The van der Waals surface area contributed by atoms with Gasteiger partial charge in [-0.05, 0) is 43.4 Å². The Morgan fingerprint density at radius 2 is 1.96 bits per heavy atom. The molecule has 1 aromatic heterocycles. The molecule has 2 heterocycles. The van der Waals surface area contributed by atoms with Crippen molar-refractivity contribution in [1.82, 2.24) is 9.88 Å². The Morgan fingerprint density at radius 1 is 1.17 bits per heavy atom. The topological polar surface area (TPSA) is 70.5 Å². The second-order valence-electron chi connectivity index (χ2n) is 6.07. The monoisotopic (exact) mass is 324 g/mol. The number of hydrogen-bond donors (Lipinski definition) is 1. The number of amides is 1. The van der Waals surface area contributed by atoms with Crippen LogP contribution in [0.5, 0.6) is 0 Å². The van der Waals surface area contributed by atoms with Gasteiger partial charge in [-0.2, -0.15) is 0 Å². The average Bonchev–Trinajstić information content (AvgIpc) is 2.62. The van der Waals surface area contributed by atoms with Gasteiger partial charge in [-0.25, -0.2) is 4.79 Å². The fraction of sp³-hybridized carbons (Fsp3) is 0.316. The molecule has 24 heavy (non-hydrogen) atoms. The van der Waals surface area contributed by atoms with Crippen LogP contribution in [0.4, 0.5) is 0 Å². The molecular weight excluding hydrogens is 304 g/mol. The Bertz CT molecular complexity index is 730. The van der Waals surface area contributed by atoms with Gasteiger partial charge >= 0.3 is 5.97 Å². The summed E-state index contributed by atoms with van der Waals surface area (Å²) in [6, 6.07) is 13.0. The molecule has 2 aromatic rings. The second-order valence-corrected chi connectivity index (χ2v) is 6.07. The van der Waals surface area contributed by atoms with Gasteiger partial charge in [-0.15, -0.1) is 0 Å². The Hall–Kier alpha value is -2.69. The van der Waals surface area contributed by atoms with E-state index >= 15 is 0 Å². The highest BCUT2D eigenvalue weighted by molar-refractivity contribution is 5.96. The number of benzene rings is 1. The normalized spacial score (nSPS) is 17.5. The van der Waals surface area contributed by atoms with Crippen LogP contribution in [0.2, 0.25) is 0 Å². The van der Waals surface area contributed by atoms with Gasteiger partial charge in [0.15, 0.2) is 0 Å². The van der Waals surface area contributed by atoms with E-state index in [-0.39, 0.29) is 23.2 Å².